The van der Waals surface area contributed by atoms with Crippen molar-refractivity contribution < 1.29 is 19.1 Å². The first-order valence-corrected chi connectivity index (χ1v) is 8.69. The number of rotatable bonds is 9. The Hall–Kier alpha value is -2.06. The zero-order chi connectivity index (χ0) is 17.9. The van der Waals surface area contributed by atoms with Gasteiger partial charge < -0.3 is 10.1 Å². The van der Waals surface area contributed by atoms with Gasteiger partial charge in [0.25, 0.3) is 0 Å². The monoisotopic (exact) mass is 353 g/mol. The average molecular weight is 353 g/mol. The first-order valence-electron chi connectivity index (χ1n) is 7.54. The van der Waals surface area contributed by atoms with Crippen LogP contribution in [0.2, 0.25) is 0 Å². The van der Waals surface area contributed by atoms with Crippen LogP contribution in [-0.2, 0) is 14.3 Å². The fraction of sp³-hybridized carbons (Fsp3) is 0.438. The quantitative estimate of drug-likeness (QED) is 0.398. The van der Waals surface area contributed by atoms with Gasteiger partial charge in [-0.2, -0.15) is 11.8 Å². The van der Waals surface area contributed by atoms with Crippen LogP contribution in [0.4, 0.5) is 5.69 Å². The molecule has 1 aromatic rings. The molecule has 0 atom stereocenters. The highest BCUT2D eigenvalue weighted by Gasteiger charge is 2.08. The van der Waals surface area contributed by atoms with Crippen LogP contribution in [0.15, 0.2) is 24.3 Å². The molecular formula is C16H23N3O4S. The van der Waals surface area contributed by atoms with E-state index in [1.165, 1.54) is 11.8 Å². The van der Waals surface area contributed by atoms with Crippen molar-refractivity contribution >= 4 is 35.2 Å². The molecule has 0 aliphatic rings. The van der Waals surface area contributed by atoms with Gasteiger partial charge in [0, 0.05) is 32.0 Å². The van der Waals surface area contributed by atoms with Gasteiger partial charge in [-0.05, 0) is 31.2 Å². The Balaban J connectivity index is 2.30. The Morgan fingerprint density at radius 1 is 1.12 bits per heavy atom. The van der Waals surface area contributed by atoms with Crippen molar-refractivity contribution in [2.45, 2.75) is 13.3 Å². The molecule has 24 heavy (non-hydrogen) atoms. The Kier molecular flexibility index (Phi) is 8.88. The Labute approximate surface area is 146 Å². The lowest BCUT2D eigenvalue weighted by atomic mass is 10.2. The van der Waals surface area contributed by atoms with Crippen LogP contribution in [0.3, 0.4) is 0 Å². The first-order chi connectivity index (χ1) is 11.4. The standard InChI is InChI=1S/C16H23N3O4S/c1-4-23-16(22)12-5-7-13(8-6-12)17-15(21)11-24-10-9-14(20)18-19(2)3/h5-8H,4,9-11H2,1-3H3,(H,17,21)(H,18,20). The summed E-state index contributed by atoms with van der Waals surface area (Å²) >= 11 is 1.39. The van der Waals surface area contributed by atoms with Crippen molar-refractivity contribution in [1.82, 2.24) is 10.4 Å². The third-order valence-corrected chi connectivity index (χ3v) is 3.69. The molecule has 0 aromatic heterocycles. The highest BCUT2D eigenvalue weighted by Crippen LogP contribution is 2.12. The van der Waals surface area contributed by atoms with Crippen LogP contribution in [0.1, 0.15) is 23.7 Å². The average Bonchev–Trinajstić information content (AvgIpc) is 2.52. The normalized spacial score (nSPS) is 10.3. The number of anilines is 1. The van der Waals surface area contributed by atoms with Gasteiger partial charge in [-0.15, -0.1) is 0 Å². The van der Waals surface area contributed by atoms with Crippen molar-refractivity contribution in [2.75, 3.05) is 37.5 Å². The Morgan fingerprint density at radius 2 is 1.79 bits per heavy atom. The molecule has 1 aromatic carbocycles. The van der Waals surface area contributed by atoms with Gasteiger partial charge in [0.15, 0.2) is 0 Å². The van der Waals surface area contributed by atoms with Crippen molar-refractivity contribution in [1.29, 1.82) is 0 Å². The lowest BCUT2D eigenvalue weighted by molar-refractivity contribution is -0.124. The number of benzene rings is 1. The number of esters is 1. The SMILES string of the molecule is CCOC(=O)c1ccc(NC(=O)CSCCC(=O)NN(C)C)cc1. The molecule has 0 heterocycles. The molecule has 0 aliphatic heterocycles. The van der Waals surface area contributed by atoms with E-state index in [0.717, 1.165) is 0 Å². The molecule has 132 valence electrons. The van der Waals surface area contributed by atoms with E-state index in [4.69, 9.17) is 4.74 Å². The maximum absolute atomic E-state index is 11.8. The summed E-state index contributed by atoms with van der Waals surface area (Å²) in [5, 5.41) is 4.32. The molecule has 0 unspecified atom stereocenters. The van der Waals surface area contributed by atoms with Gasteiger partial charge in [0.05, 0.1) is 17.9 Å². The molecule has 0 spiro atoms. The Bertz CT molecular complexity index is 561. The second-order valence-corrected chi connectivity index (χ2v) is 6.18. The summed E-state index contributed by atoms with van der Waals surface area (Å²) in [6, 6.07) is 6.51. The van der Waals surface area contributed by atoms with E-state index < -0.39 is 0 Å². The number of thioether (sulfide) groups is 1. The van der Waals surface area contributed by atoms with E-state index in [9.17, 15) is 14.4 Å². The molecule has 0 fully saturated rings. The van der Waals surface area contributed by atoms with E-state index >= 15 is 0 Å². The second kappa shape index (κ2) is 10.7. The zero-order valence-electron chi connectivity index (χ0n) is 14.1. The highest BCUT2D eigenvalue weighted by atomic mass is 32.2. The number of hydrogen-bond donors (Lipinski definition) is 2. The van der Waals surface area contributed by atoms with Crippen LogP contribution >= 0.6 is 11.8 Å². The molecule has 0 saturated carbocycles. The van der Waals surface area contributed by atoms with Crippen LogP contribution < -0.4 is 10.7 Å². The number of ether oxygens (including phenoxy) is 1. The van der Waals surface area contributed by atoms with Gasteiger partial charge in [-0.3, -0.25) is 15.0 Å². The largest absolute Gasteiger partial charge is 0.462 e. The van der Waals surface area contributed by atoms with Gasteiger partial charge >= 0.3 is 5.97 Å². The summed E-state index contributed by atoms with van der Waals surface area (Å²) in [6.07, 6.45) is 0.352. The van der Waals surface area contributed by atoms with Crippen LogP contribution in [-0.4, -0.2) is 55.0 Å². The fourth-order valence-corrected chi connectivity index (χ4v) is 2.47. The molecule has 0 radical (unpaired) electrons. The summed E-state index contributed by atoms with van der Waals surface area (Å²) in [6.45, 7) is 2.06. The topological polar surface area (TPSA) is 87.7 Å². The summed E-state index contributed by atoms with van der Waals surface area (Å²) in [5.41, 5.74) is 3.69. The highest BCUT2D eigenvalue weighted by molar-refractivity contribution is 7.99. The summed E-state index contributed by atoms with van der Waals surface area (Å²) in [4.78, 5) is 34.8. The minimum Gasteiger partial charge on any atom is -0.462 e. The molecule has 1 rings (SSSR count). The lowest BCUT2D eigenvalue weighted by Gasteiger charge is -2.11. The van der Waals surface area contributed by atoms with E-state index in [1.807, 2.05) is 0 Å². The summed E-state index contributed by atoms with van der Waals surface area (Å²) in [7, 11) is 3.48. The maximum Gasteiger partial charge on any atom is 0.338 e. The van der Waals surface area contributed by atoms with E-state index in [-0.39, 0.29) is 23.5 Å². The number of carbonyl (C=O) groups excluding carboxylic acids is 3. The predicted octanol–water partition coefficient (Wildman–Crippen LogP) is 1.52. The molecule has 0 bridgehead atoms. The van der Waals surface area contributed by atoms with Crippen LogP contribution in [0.25, 0.3) is 0 Å². The molecule has 7 nitrogen and oxygen atoms in total. The molecule has 0 saturated heterocycles. The maximum atomic E-state index is 11.8. The summed E-state index contributed by atoms with van der Waals surface area (Å²) in [5.74, 6) is 0.199. The molecule has 2 N–H and O–H groups in total. The predicted molar refractivity (Wildman–Crippen MR) is 94.8 cm³/mol. The van der Waals surface area contributed by atoms with Crippen molar-refractivity contribution in [2.24, 2.45) is 0 Å². The fourth-order valence-electron chi connectivity index (χ4n) is 1.74. The van der Waals surface area contributed by atoms with Gasteiger partial charge in [0.1, 0.15) is 0 Å². The first kappa shape index (κ1) is 20.0. The van der Waals surface area contributed by atoms with E-state index in [2.05, 4.69) is 10.7 Å². The number of hydrogen-bond acceptors (Lipinski definition) is 6. The van der Waals surface area contributed by atoms with Crippen LogP contribution in [0.5, 0.6) is 0 Å². The number of carbonyl (C=O) groups is 3. The van der Waals surface area contributed by atoms with Crippen molar-refractivity contribution in [3.8, 4) is 0 Å². The van der Waals surface area contributed by atoms with Gasteiger partial charge in [0.2, 0.25) is 11.8 Å². The number of amides is 2. The number of hydrazine groups is 1. The van der Waals surface area contributed by atoms with Gasteiger partial charge in [-0.25, -0.2) is 9.80 Å². The zero-order valence-corrected chi connectivity index (χ0v) is 14.9. The van der Waals surface area contributed by atoms with Crippen molar-refractivity contribution in [3.05, 3.63) is 29.8 Å². The van der Waals surface area contributed by atoms with E-state index in [0.29, 0.717) is 30.0 Å². The molecule has 8 heteroatoms. The van der Waals surface area contributed by atoms with Crippen molar-refractivity contribution in [3.63, 3.8) is 0 Å². The minimum atomic E-state index is -0.387. The molecule has 0 aliphatic carbocycles. The van der Waals surface area contributed by atoms with E-state index in [1.54, 1.807) is 50.3 Å². The Morgan fingerprint density at radius 3 is 2.38 bits per heavy atom. The molecular weight excluding hydrogens is 330 g/mol. The smallest absolute Gasteiger partial charge is 0.338 e. The third-order valence-electron chi connectivity index (χ3n) is 2.73. The number of nitrogens with zero attached hydrogens (tertiary/aromatic N) is 1. The summed E-state index contributed by atoms with van der Waals surface area (Å²) < 4.78 is 4.89. The van der Waals surface area contributed by atoms with Gasteiger partial charge in [-0.1, -0.05) is 0 Å². The third kappa shape index (κ3) is 7.98. The minimum absolute atomic E-state index is 0.0811. The second-order valence-electron chi connectivity index (χ2n) is 5.08. The van der Waals surface area contributed by atoms with Crippen LogP contribution in [0, 0.1) is 0 Å². The number of nitrogens with one attached hydrogen (secondary N) is 2. The lowest BCUT2D eigenvalue weighted by Crippen LogP contribution is -2.36. The molecule has 2 amide bonds.